The Balaban J connectivity index is 2.50. The highest BCUT2D eigenvalue weighted by Gasteiger charge is 2.24. The van der Waals surface area contributed by atoms with Crippen LogP contribution in [0.5, 0.6) is 5.75 Å². The summed E-state index contributed by atoms with van der Waals surface area (Å²) in [6.07, 6.45) is 0.605. The van der Waals surface area contributed by atoms with E-state index in [1.807, 2.05) is 13.0 Å². The largest absolute Gasteiger partial charge is 0.494 e. The van der Waals surface area contributed by atoms with Crippen molar-refractivity contribution in [2.45, 2.75) is 39.7 Å². The average molecular weight is 385 g/mol. The van der Waals surface area contributed by atoms with E-state index in [1.165, 1.54) is 18.7 Å². The Hall–Kier alpha value is -2.28. The lowest BCUT2D eigenvalue weighted by Gasteiger charge is -2.26. The monoisotopic (exact) mass is 384 g/mol. The molecule has 1 rings (SSSR count). The van der Waals surface area contributed by atoms with Gasteiger partial charge in [0.1, 0.15) is 11.8 Å². The van der Waals surface area contributed by atoms with Gasteiger partial charge >= 0.3 is 5.97 Å². The second kappa shape index (κ2) is 10.7. The molecule has 0 saturated heterocycles. The van der Waals surface area contributed by atoms with E-state index in [0.717, 1.165) is 5.56 Å². The van der Waals surface area contributed by atoms with Gasteiger partial charge < -0.3 is 20.1 Å². The highest BCUT2D eigenvalue weighted by atomic mass is 35.5. The number of carbonyl (C=O) groups excluding carboxylic acids is 2. The first kappa shape index (κ1) is 21.8. The minimum absolute atomic E-state index is 0.142. The van der Waals surface area contributed by atoms with Gasteiger partial charge in [0.05, 0.1) is 6.61 Å². The van der Waals surface area contributed by atoms with Crippen molar-refractivity contribution >= 4 is 29.4 Å². The van der Waals surface area contributed by atoms with E-state index in [2.05, 4.69) is 5.32 Å². The summed E-state index contributed by atoms with van der Waals surface area (Å²) in [5, 5.41) is 12.4. The third kappa shape index (κ3) is 7.31. The highest BCUT2D eigenvalue weighted by Crippen LogP contribution is 2.21. The summed E-state index contributed by atoms with van der Waals surface area (Å²) < 4.78 is 5.59. The minimum atomic E-state index is -1.09. The maximum atomic E-state index is 12.4. The molecule has 0 fully saturated rings. The smallest absolute Gasteiger partial charge is 0.326 e. The number of carboxylic acids is 1. The number of nitrogens with one attached hydrogen (secondary N) is 1. The Bertz CT molecular complexity index is 650. The summed E-state index contributed by atoms with van der Waals surface area (Å²) in [6, 6.07) is 4.35. The highest BCUT2D eigenvalue weighted by molar-refractivity contribution is 6.31. The van der Waals surface area contributed by atoms with Crippen LogP contribution in [0.1, 0.15) is 32.3 Å². The number of amides is 2. The molecule has 1 aromatic carbocycles. The number of carbonyl (C=O) groups is 3. The predicted molar refractivity (Wildman–Crippen MR) is 98.4 cm³/mol. The zero-order chi connectivity index (χ0) is 19.7. The topological polar surface area (TPSA) is 95.9 Å². The van der Waals surface area contributed by atoms with Crippen LogP contribution in [0.25, 0.3) is 0 Å². The Morgan fingerprint density at radius 3 is 2.62 bits per heavy atom. The number of nitrogens with zero attached hydrogens (tertiary/aromatic N) is 1. The van der Waals surface area contributed by atoms with E-state index in [-0.39, 0.29) is 31.3 Å². The van der Waals surface area contributed by atoms with E-state index in [0.29, 0.717) is 23.8 Å². The van der Waals surface area contributed by atoms with Crippen LogP contribution in [0, 0.1) is 6.92 Å². The fourth-order valence-corrected chi connectivity index (χ4v) is 2.40. The van der Waals surface area contributed by atoms with Crippen LogP contribution in [-0.2, 0) is 14.4 Å². The summed E-state index contributed by atoms with van der Waals surface area (Å²) in [6.45, 7) is 5.36. The molecule has 0 spiro atoms. The molecule has 2 N–H and O–H groups in total. The standard InChI is InChI=1S/C18H25ClN2O5/c1-12-11-15(6-7-16(12)19)26-10-4-5-17(23)21(13(2)18(24)25)9-8-20-14(3)22/h6-7,11,13H,4-5,8-10H2,1-3H3,(H,20,22)(H,24,25). The number of benzene rings is 1. The molecule has 0 aromatic heterocycles. The van der Waals surface area contributed by atoms with Gasteiger partial charge in [0.2, 0.25) is 11.8 Å². The lowest BCUT2D eigenvalue weighted by Crippen LogP contribution is -2.46. The first-order valence-corrected chi connectivity index (χ1v) is 8.75. The van der Waals surface area contributed by atoms with Crippen LogP contribution in [0.4, 0.5) is 0 Å². The zero-order valence-corrected chi connectivity index (χ0v) is 16.0. The van der Waals surface area contributed by atoms with Crippen LogP contribution >= 0.6 is 11.6 Å². The van der Waals surface area contributed by atoms with Gasteiger partial charge in [0.25, 0.3) is 0 Å². The van der Waals surface area contributed by atoms with E-state index in [9.17, 15) is 14.4 Å². The average Bonchev–Trinajstić information content (AvgIpc) is 2.57. The van der Waals surface area contributed by atoms with Crippen molar-refractivity contribution in [3.05, 3.63) is 28.8 Å². The number of ether oxygens (including phenoxy) is 1. The van der Waals surface area contributed by atoms with Crippen molar-refractivity contribution < 1.29 is 24.2 Å². The number of halogens is 1. The lowest BCUT2D eigenvalue weighted by molar-refractivity contribution is -0.149. The summed E-state index contributed by atoms with van der Waals surface area (Å²) >= 11 is 5.95. The van der Waals surface area contributed by atoms with Crippen LogP contribution in [0.2, 0.25) is 5.02 Å². The molecule has 8 heteroatoms. The molecule has 0 saturated carbocycles. The van der Waals surface area contributed by atoms with Crippen molar-refractivity contribution in [3.63, 3.8) is 0 Å². The summed E-state index contributed by atoms with van der Waals surface area (Å²) in [5.74, 6) is -0.942. The van der Waals surface area contributed by atoms with Gasteiger partial charge in [-0.3, -0.25) is 9.59 Å². The molecule has 26 heavy (non-hydrogen) atoms. The fourth-order valence-electron chi connectivity index (χ4n) is 2.28. The Morgan fingerprint density at radius 1 is 1.35 bits per heavy atom. The quantitative estimate of drug-likeness (QED) is 0.603. The lowest BCUT2D eigenvalue weighted by atomic mass is 10.2. The Morgan fingerprint density at radius 2 is 2.04 bits per heavy atom. The number of rotatable bonds is 10. The van der Waals surface area contributed by atoms with Gasteiger partial charge in [-0.1, -0.05) is 11.6 Å². The maximum Gasteiger partial charge on any atom is 0.326 e. The molecule has 0 radical (unpaired) electrons. The zero-order valence-electron chi connectivity index (χ0n) is 15.3. The molecule has 0 bridgehead atoms. The molecule has 0 aliphatic heterocycles. The van der Waals surface area contributed by atoms with Gasteiger partial charge in [0, 0.05) is 31.5 Å². The van der Waals surface area contributed by atoms with Crippen molar-refractivity contribution in [2.24, 2.45) is 0 Å². The van der Waals surface area contributed by atoms with Crippen LogP contribution < -0.4 is 10.1 Å². The van der Waals surface area contributed by atoms with Gasteiger partial charge in [0.15, 0.2) is 0 Å². The predicted octanol–water partition coefficient (Wildman–Crippen LogP) is 2.25. The van der Waals surface area contributed by atoms with E-state index >= 15 is 0 Å². The molecule has 144 valence electrons. The van der Waals surface area contributed by atoms with Crippen LogP contribution in [0.3, 0.4) is 0 Å². The van der Waals surface area contributed by atoms with Crippen molar-refractivity contribution in [3.8, 4) is 5.75 Å². The second-order valence-corrected chi connectivity index (χ2v) is 6.35. The molecular formula is C18H25ClN2O5. The molecule has 1 aromatic rings. The van der Waals surface area contributed by atoms with E-state index < -0.39 is 12.0 Å². The molecule has 0 aliphatic rings. The molecule has 1 unspecified atom stereocenters. The van der Waals surface area contributed by atoms with Crippen LogP contribution in [-0.4, -0.2) is 53.5 Å². The molecule has 1 atom stereocenters. The van der Waals surface area contributed by atoms with Gasteiger partial charge in [-0.25, -0.2) is 4.79 Å². The first-order valence-electron chi connectivity index (χ1n) is 8.38. The normalized spacial score (nSPS) is 11.5. The molecule has 2 amide bonds. The maximum absolute atomic E-state index is 12.4. The summed E-state index contributed by atoms with van der Waals surface area (Å²) in [4.78, 5) is 35.7. The van der Waals surface area contributed by atoms with Crippen molar-refractivity contribution in [2.75, 3.05) is 19.7 Å². The third-order valence-corrected chi connectivity index (χ3v) is 4.23. The van der Waals surface area contributed by atoms with Gasteiger partial charge in [-0.2, -0.15) is 0 Å². The van der Waals surface area contributed by atoms with E-state index in [4.69, 9.17) is 21.4 Å². The third-order valence-electron chi connectivity index (χ3n) is 3.81. The Kier molecular flexibility index (Phi) is 8.92. The first-order chi connectivity index (χ1) is 12.2. The second-order valence-electron chi connectivity index (χ2n) is 5.95. The molecular weight excluding hydrogens is 360 g/mol. The SMILES string of the molecule is CC(=O)NCCN(C(=O)CCCOc1ccc(Cl)c(C)c1)C(C)C(=O)O. The van der Waals surface area contributed by atoms with Crippen molar-refractivity contribution in [1.82, 2.24) is 10.2 Å². The Labute approximate surface area is 158 Å². The number of hydrogen-bond acceptors (Lipinski definition) is 4. The number of aryl methyl sites for hydroxylation is 1. The van der Waals surface area contributed by atoms with Gasteiger partial charge in [-0.15, -0.1) is 0 Å². The number of carboxylic acid groups (broad SMARTS) is 1. The summed E-state index contributed by atoms with van der Waals surface area (Å²) in [5.41, 5.74) is 0.902. The number of aliphatic carboxylic acids is 1. The van der Waals surface area contributed by atoms with Crippen molar-refractivity contribution in [1.29, 1.82) is 0 Å². The fraction of sp³-hybridized carbons (Fsp3) is 0.500. The number of hydrogen-bond donors (Lipinski definition) is 2. The van der Waals surface area contributed by atoms with Crippen LogP contribution in [0.15, 0.2) is 18.2 Å². The van der Waals surface area contributed by atoms with E-state index in [1.54, 1.807) is 12.1 Å². The molecule has 7 nitrogen and oxygen atoms in total. The molecule has 0 aliphatic carbocycles. The van der Waals surface area contributed by atoms with Gasteiger partial charge in [-0.05, 0) is 44.0 Å². The minimum Gasteiger partial charge on any atom is -0.494 e. The summed E-state index contributed by atoms with van der Waals surface area (Å²) in [7, 11) is 0. The molecule has 0 heterocycles.